The lowest BCUT2D eigenvalue weighted by Crippen LogP contribution is -2.40. The van der Waals surface area contributed by atoms with Gasteiger partial charge in [-0.15, -0.1) is 0 Å². The van der Waals surface area contributed by atoms with Crippen LogP contribution in [0.4, 0.5) is 0 Å². The Balaban J connectivity index is 1.52. The monoisotopic (exact) mass is 378 g/mol. The Morgan fingerprint density at radius 3 is 2.86 bits per heavy atom. The molecule has 1 aliphatic rings. The van der Waals surface area contributed by atoms with Gasteiger partial charge in [-0.05, 0) is 37.1 Å². The van der Waals surface area contributed by atoms with Crippen LogP contribution in [0.5, 0.6) is 0 Å². The Kier molecular flexibility index (Phi) is 4.92. The van der Waals surface area contributed by atoms with Crippen LogP contribution in [0.2, 0.25) is 0 Å². The Hall–Kier alpha value is -3.42. The largest absolute Gasteiger partial charge is 0.368 e. The fourth-order valence-corrected chi connectivity index (χ4v) is 3.74. The van der Waals surface area contributed by atoms with Crippen molar-refractivity contribution in [2.24, 2.45) is 5.73 Å². The lowest BCUT2D eigenvalue weighted by Gasteiger charge is -2.32. The topological polar surface area (TPSA) is 99.0 Å². The average molecular weight is 378 g/mol. The van der Waals surface area contributed by atoms with Crippen LogP contribution < -0.4 is 5.73 Å². The van der Waals surface area contributed by atoms with Crippen LogP contribution in [-0.4, -0.2) is 49.1 Å². The molecule has 1 saturated heterocycles. The predicted octanol–water partition coefficient (Wildman–Crippen LogP) is 1.57. The minimum absolute atomic E-state index is 0.00767. The molecule has 2 aromatic heterocycles. The van der Waals surface area contributed by atoms with Crippen LogP contribution in [0.1, 0.15) is 34.9 Å². The minimum Gasteiger partial charge on any atom is -0.368 e. The highest BCUT2D eigenvalue weighted by Crippen LogP contribution is 2.27. The van der Waals surface area contributed by atoms with Crippen molar-refractivity contribution in [1.82, 2.24) is 24.2 Å². The number of carbonyl (C=O) groups is 2. The van der Waals surface area contributed by atoms with Gasteiger partial charge in [0.2, 0.25) is 5.91 Å². The Labute approximate surface area is 162 Å². The van der Waals surface area contributed by atoms with Crippen molar-refractivity contribution < 1.29 is 9.59 Å². The van der Waals surface area contributed by atoms with Crippen molar-refractivity contribution in [2.75, 3.05) is 13.1 Å². The molecule has 8 nitrogen and oxygen atoms in total. The molecule has 0 spiro atoms. The van der Waals surface area contributed by atoms with Crippen molar-refractivity contribution in [3.63, 3.8) is 0 Å². The first-order valence-corrected chi connectivity index (χ1v) is 9.30. The summed E-state index contributed by atoms with van der Waals surface area (Å²) >= 11 is 0. The molecule has 4 rings (SSSR count). The van der Waals surface area contributed by atoms with Gasteiger partial charge in [-0.3, -0.25) is 9.59 Å². The molecule has 0 unspecified atom stereocenters. The predicted molar refractivity (Wildman–Crippen MR) is 103 cm³/mol. The maximum Gasteiger partial charge on any atom is 0.253 e. The second-order valence-electron chi connectivity index (χ2n) is 6.97. The van der Waals surface area contributed by atoms with Crippen LogP contribution in [0.3, 0.4) is 0 Å². The lowest BCUT2D eigenvalue weighted by atomic mass is 9.96. The smallest absolute Gasteiger partial charge is 0.253 e. The first kappa shape index (κ1) is 18.0. The van der Waals surface area contributed by atoms with Gasteiger partial charge in [0.25, 0.3) is 5.91 Å². The number of rotatable bonds is 5. The molecule has 2 amide bonds. The summed E-state index contributed by atoms with van der Waals surface area (Å²) in [6, 6.07) is 9.31. The van der Waals surface area contributed by atoms with Gasteiger partial charge in [0, 0.05) is 49.4 Å². The van der Waals surface area contributed by atoms with Crippen molar-refractivity contribution in [3.8, 4) is 5.69 Å². The number of carbonyl (C=O) groups excluding carboxylic acids is 2. The van der Waals surface area contributed by atoms with Gasteiger partial charge >= 0.3 is 0 Å². The number of imidazole rings is 1. The van der Waals surface area contributed by atoms with Crippen LogP contribution in [-0.2, 0) is 11.3 Å². The third-order valence-corrected chi connectivity index (χ3v) is 5.01. The number of likely N-dealkylation sites (tertiary alicyclic amines) is 1. The quantitative estimate of drug-likeness (QED) is 0.728. The van der Waals surface area contributed by atoms with Crippen molar-refractivity contribution >= 4 is 11.8 Å². The Bertz CT molecular complexity index is 978. The fourth-order valence-electron chi connectivity index (χ4n) is 3.74. The third-order valence-electron chi connectivity index (χ3n) is 5.01. The maximum absolute atomic E-state index is 13.1. The summed E-state index contributed by atoms with van der Waals surface area (Å²) < 4.78 is 3.51. The third kappa shape index (κ3) is 3.66. The molecule has 1 atom stereocenters. The van der Waals surface area contributed by atoms with Gasteiger partial charge in [0.05, 0.1) is 5.69 Å². The standard InChI is InChI=1S/C20H22N6O2/c21-18(27)14-24-11-8-22-19(24)16-5-2-9-25(13-16)20(28)15-4-1-6-17(12-15)26-10-3-7-23-26/h1,3-4,6-8,10-12,16H,2,5,9,13-14H2,(H2,21,27)/t16-/m0/s1. The van der Waals surface area contributed by atoms with E-state index in [9.17, 15) is 9.59 Å². The molecule has 0 aliphatic carbocycles. The number of amides is 2. The normalized spacial score (nSPS) is 16.9. The zero-order valence-corrected chi connectivity index (χ0v) is 15.4. The van der Waals surface area contributed by atoms with E-state index in [1.807, 2.05) is 41.4 Å². The maximum atomic E-state index is 13.1. The van der Waals surface area contributed by atoms with Crippen LogP contribution in [0.25, 0.3) is 5.69 Å². The molecule has 2 N–H and O–H groups in total. The van der Waals surface area contributed by atoms with Gasteiger partial charge < -0.3 is 15.2 Å². The number of piperidine rings is 1. The number of nitrogens with zero attached hydrogens (tertiary/aromatic N) is 5. The highest BCUT2D eigenvalue weighted by molar-refractivity contribution is 5.94. The molecule has 0 radical (unpaired) electrons. The molecule has 1 aromatic carbocycles. The summed E-state index contributed by atoms with van der Waals surface area (Å²) in [5.41, 5.74) is 6.81. The number of aromatic nitrogens is 4. The summed E-state index contributed by atoms with van der Waals surface area (Å²) in [7, 11) is 0. The molecule has 1 fully saturated rings. The van der Waals surface area contributed by atoms with E-state index in [0.29, 0.717) is 18.7 Å². The number of primary amides is 1. The first-order chi connectivity index (χ1) is 13.6. The second kappa shape index (κ2) is 7.67. The van der Waals surface area contributed by atoms with E-state index in [1.54, 1.807) is 27.8 Å². The molecule has 3 heterocycles. The number of hydrogen-bond acceptors (Lipinski definition) is 4. The van der Waals surface area contributed by atoms with Gasteiger partial charge in [-0.25, -0.2) is 9.67 Å². The first-order valence-electron chi connectivity index (χ1n) is 9.30. The van der Waals surface area contributed by atoms with E-state index in [-0.39, 0.29) is 18.4 Å². The fraction of sp³-hybridized carbons (Fsp3) is 0.300. The summed E-state index contributed by atoms with van der Waals surface area (Å²) in [5, 5.41) is 4.22. The second-order valence-corrected chi connectivity index (χ2v) is 6.97. The number of hydrogen-bond donors (Lipinski definition) is 1. The number of benzene rings is 1. The number of nitrogens with two attached hydrogens (primary N) is 1. The zero-order chi connectivity index (χ0) is 19.5. The zero-order valence-electron chi connectivity index (χ0n) is 15.4. The summed E-state index contributed by atoms with van der Waals surface area (Å²) in [6.45, 7) is 1.38. The lowest BCUT2D eigenvalue weighted by molar-refractivity contribution is -0.118. The summed E-state index contributed by atoms with van der Waals surface area (Å²) in [5.74, 6) is 0.480. The Morgan fingerprint density at radius 2 is 2.07 bits per heavy atom. The van der Waals surface area contributed by atoms with Crippen LogP contribution in [0.15, 0.2) is 55.1 Å². The molecule has 8 heteroatoms. The van der Waals surface area contributed by atoms with Gasteiger partial charge in [0.1, 0.15) is 12.4 Å². The Morgan fingerprint density at radius 1 is 1.18 bits per heavy atom. The minimum atomic E-state index is -0.404. The molecular formula is C20H22N6O2. The van der Waals surface area contributed by atoms with Gasteiger partial charge in [0.15, 0.2) is 0 Å². The van der Waals surface area contributed by atoms with Gasteiger partial charge in [-0.1, -0.05) is 6.07 Å². The van der Waals surface area contributed by atoms with E-state index in [2.05, 4.69) is 10.1 Å². The summed E-state index contributed by atoms with van der Waals surface area (Å²) in [4.78, 5) is 30.7. The molecule has 144 valence electrons. The van der Waals surface area contributed by atoms with E-state index >= 15 is 0 Å². The van der Waals surface area contributed by atoms with Gasteiger partial charge in [-0.2, -0.15) is 5.10 Å². The SMILES string of the molecule is NC(=O)Cn1ccnc1[C@H]1CCCN(C(=O)c2cccc(-n3cccn3)c2)C1. The molecule has 1 aliphatic heterocycles. The van der Waals surface area contributed by atoms with E-state index in [0.717, 1.165) is 24.4 Å². The highest BCUT2D eigenvalue weighted by atomic mass is 16.2. The van der Waals surface area contributed by atoms with Crippen LogP contribution >= 0.6 is 0 Å². The summed E-state index contributed by atoms with van der Waals surface area (Å²) in [6.07, 6.45) is 8.80. The molecule has 3 aromatic rings. The van der Waals surface area contributed by atoms with Crippen molar-refractivity contribution in [2.45, 2.75) is 25.3 Å². The average Bonchev–Trinajstić information content (AvgIpc) is 3.39. The molecular weight excluding hydrogens is 356 g/mol. The van der Waals surface area contributed by atoms with E-state index in [1.165, 1.54) is 0 Å². The molecule has 0 saturated carbocycles. The van der Waals surface area contributed by atoms with E-state index < -0.39 is 5.91 Å². The molecule has 28 heavy (non-hydrogen) atoms. The van der Waals surface area contributed by atoms with Crippen molar-refractivity contribution in [1.29, 1.82) is 0 Å². The van der Waals surface area contributed by atoms with Crippen LogP contribution in [0, 0.1) is 0 Å². The molecule has 0 bridgehead atoms. The highest BCUT2D eigenvalue weighted by Gasteiger charge is 2.28. The van der Waals surface area contributed by atoms with Crippen molar-refractivity contribution in [3.05, 3.63) is 66.5 Å². The van der Waals surface area contributed by atoms with E-state index in [4.69, 9.17) is 5.73 Å².